The molecule has 152 valence electrons. The van der Waals surface area contributed by atoms with E-state index in [1.54, 1.807) is 0 Å². The van der Waals surface area contributed by atoms with Crippen molar-refractivity contribution in [1.29, 1.82) is 0 Å². The third-order valence-electron chi connectivity index (χ3n) is 3.53. The molecular weight excluding hydrogens is 383 g/mol. The Balaban J connectivity index is 0. The summed E-state index contributed by atoms with van der Waals surface area (Å²) >= 11 is 0. The largest absolute Gasteiger partial charge is 1.00 e. The second kappa shape index (κ2) is 17.4. The van der Waals surface area contributed by atoms with E-state index in [0.717, 1.165) is 0 Å². The maximum atomic E-state index is 12.3. The SMILES string of the molecule is CNC(=O)CC(NC(=O)CC(NC)C(=O)[O-])C(=O)CCCOCCN=[N+]=[N-].[Na+]. The van der Waals surface area contributed by atoms with Gasteiger partial charge >= 0.3 is 29.6 Å². The van der Waals surface area contributed by atoms with Crippen molar-refractivity contribution >= 4 is 23.6 Å². The Kier molecular flexibility index (Phi) is 17.7. The van der Waals surface area contributed by atoms with Crippen LogP contribution in [0, 0.1) is 0 Å². The number of aliphatic carboxylic acids is 1. The molecule has 0 aliphatic carbocycles. The molecule has 0 radical (unpaired) electrons. The van der Waals surface area contributed by atoms with Crippen LogP contribution in [0.4, 0.5) is 0 Å². The van der Waals surface area contributed by atoms with Crippen molar-refractivity contribution in [3.05, 3.63) is 10.4 Å². The fourth-order valence-electron chi connectivity index (χ4n) is 2.05. The summed E-state index contributed by atoms with van der Waals surface area (Å²) < 4.78 is 5.18. The number of ether oxygens (including phenoxy) is 1. The standard InChI is InChI=1S/C15H26N6O6.Na/c1-17-11(15(25)26)9-14(24)20-10(8-13(23)18-2)12(22)4-3-6-27-7-5-19-21-16;/h10-11,17H,3-9H2,1-2H3,(H,18,23)(H,20,24)(H,25,26);/q;+1/p-1. The first-order valence-electron chi connectivity index (χ1n) is 8.35. The summed E-state index contributed by atoms with van der Waals surface area (Å²) in [6.45, 7) is 0.663. The summed E-state index contributed by atoms with van der Waals surface area (Å²) in [7, 11) is 2.76. The molecule has 0 aromatic rings. The Labute approximate surface area is 185 Å². The topological polar surface area (TPSA) is 185 Å². The van der Waals surface area contributed by atoms with Gasteiger partial charge in [-0.15, -0.1) is 0 Å². The molecule has 28 heavy (non-hydrogen) atoms. The molecule has 0 saturated heterocycles. The molecule has 0 rings (SSSR count). The van der Waals surface area contributed by atoms with E-state index in [-0.39, 0.29) is 67.9 Å². The number of nitrogens with zero attached hydrogens (tertiary/aromatic N) is 3. The average molecular weight is 408 g/mol. The van der Waals surface area contributed by atoms with Crippen LogP contribution in [0.2, 0.25) is 0 Å². The van der Waals surface area contributed by atoms with Crippen molar-refractivity contribution in [3.8, 4) is 0 Å². The molecule has 2 atom stereocenters. The van der Waals surface area contributed by atoms with Crippen LogP contribution in [-0.4, -0.2) is 69.5 Å². The summed E-state index contributed by atoms with van der Waals surface area (Å²) in [5.74, 6) is -2.95. The third-order valence-corrected chi connectivity index (χ3v) is 3.53. The molecule has 0 heterocycles. The number of rotatable bonds is 15. The Morgan fingerprint density at radius 1 is 1.11 bits per heavy atom. The monoisotopic (exact) mass is 408 g/mol. The van der Waals surface area contributed by atoms with Crippen LogP contribution in [0.5, 0.6) is 0 Å². The molecule has 0 aromatic heterocycles. The molecule has 2 unspecified atom stereocenters. The van der Waals surface area contributed by atoms with Crippen molar-refractivity contribution < 1.29 is 58.6 Å². The van der Waals surface area contributed by atoms with Gasteiger partial charge in [0, 0.05) is 38.0 Å². The number of hydrogen-bond acceptors (Lipinski definition) is 8. The Bertz CT molecular complexity index is 569. The number of azide groups is 1. The van der Waals surface area contributed by atoms with E-state index in [1.807, 2.05) is 0 Å². The molecular formula is C15H25N6NaO6. The quantitative estimate of drug-likeness (QED) is 0.0796. The Morgan fingerprint density at radius 2 is 1.75 bits per heavy atom. The first-order valence-corrected chi connectivity index (χ1v) is 8.35. The first-order chi connectivity index (χ1) is 12.8. The van der Waals surface area contributed by atoms with Gasteiger partial charge in [-0.25, -0.2) is 0 Å². The predicted molar refractivity (Wildman–Crippen MR) is 92.2 cm³/mol. The number of carbonyl (C=O) groups excluding carboxylic acids is 4. The maximum Gasteiger partial charge on any atom is 1.00 e. The first kappa shape index (κ1) is 28.5. The number of hydrogen-bond donors (Lipinski definition) is 3. The van der Waals surface area contributed by atoms with Gasteiger partial charge in [0.05, 0.1) is 31.1 Å². The van der Waals surface area contributed by atoms with Gasteiger partial charge in [0.2, 0.25) is 11.8 Å². The number of nitrogens with one attached hydrogen (secondary N) is 3. The third kappa shape index (κ3) is 13.5. The predicted octanol–water partition coefficient (Wildman–Crippen LogP) is -4.98. The van der Waals surface area contributed by atoms with E-state index >= 15 is 0 Å². The van der Waals surface area contributed by atoms with E-state index in [2.05, 4.69) is 26.0 Å². The van der Waals surface area contributed by atoms with Gasteiger partial charge in [0.25, 0.3) is 0 Å². The summed E-state index contributed by atoms with van der Waals surface area (Å²) in [6.07, 6.45) is -0.278. The van der Waals surface area contributed by atoms with Gasteiger partial charge in [-0.05, 0) is 19.0 Å². The Morgan fingerprint density at radius 3 is 2.29 bits per heavy atom. The molecule has 0 fully saturated rings. The van der Waals surface area contributed by atoms with Crippen molar-refractivity contribution in [2.24, 2.45) is 5.11 Å². The van der Waals surface area contributed by atoms with Crippen LogP contribution in [-0.2, 0) is 23.9 Å². The fraction of sp³-hybridized carbons (Fsp3) is 0.733. The van der Waals surface area contributed by atoms with Crippen LogP contribution in [0.3, 0.4) is 0 Å². The molecule has 0 aliphatic rings. The normalized spacial score (nSPS) is 11.9. The minimum absolute atomic E-state index is 0. The maximum absolute atomic E-state index is 12.3. The van der Waals surface area contributed by atoms with Crippen molar-refractivity contribution in [2.75, 3.05) is 33.9 Å². The van der Waals surface area contributed by atoms with E-state index < -0.39 is 36.3 Å². The van der Waals surface area contributed by atoms with E-state index in [4.69, 9.17) is 10.3 Å². The zero-order valence-electron chi connectivity index (χ0n) is 16.4. The second-order valence-electron chi connectivity index (χ2n) is 5.50. The smallest absolute Gasteiger partial charge is 0.548 e. The minimum atomic E-state index is -1.44. The number of ketones is 1. The summed E-state index contributed by atoms with van der Waals surface area (Å²) in [4.78, 5) is 49.3. The van der Waals surface area contributed by atoms with Crippen molar-refractivity contribution in [1.82, 2.24) is 16.0 Å². The Hall–Kier alpha value is -1.69. The van der Waals surface area contributed by atoms with Crippen molar-refractivity contribution in [3.63, 3.8) is 0 Å². The molecule has 0 bridgehead atoms. The van der Waals surface area contributed by atoms with Gasteiger partial charge in [-0.2, -0.15) is 0 Å². The molecule has 0 saturated carbocycles. The average Bonchev–Trinajstić information content (AvgIpc) is 2.64. The van der Waals surface area contributed by atoms with E-state index in [1.165, 1.54) is 14.1 Å². The fourth-order valence-corrected chi connectivity index (χ4v) is 2.05. The van der Waals surface area contributed by atoms with Crippen molar-refractivity contribution in [2.45, 2.75) is 37.8 Å². The number of likely N-dealkylation sites (N-methyl/N-ethyl adjacent to an activating group) is 1. The molecule has 12 nitrogen and oxygen atoms in total. The minimum Gasteiger partial charge on any atom is -0.548 e. The zero-order chi connectivity index (χ0) is 20.7. The van der Waals surface area contributed by atoms with Gasteiger partial charge < -0.3 is 30.6 Å². The van der Waals surface area contributed by atoms with Crippen LogP contribution >= 0.6 is 0 Å². The number of carboxylic acid groups (broad SMARTS) is 1. The van der Waals surface area contributed by atoms with E-state index in [9.17, 15) is 24.3 Å². The number of carboxylic acids is 1. The number of Topliss-reactive ketones (excluding diaryl/α,β-unsaturated/α-hetero) is 1. The molecule has 13 heteroatoms. The van der Waals surface area contributed by atoms with Crippen LogP contribution in [0.1, 0.15) is 25.7 Å². The van der Waals surface area contributed by atoms with Gasteiger partial charge in [0.1, 0.15) is 0 Å². The van der Waals surface area contributed by atoms with Gasteiger partial charge in [-0.1, -0.05) is 5.11 Å². The molecule has 0 aliphatic heterocycles. The molecule has 2 amide bonds. The number of amides is 2. The summed E-state index contributed by atoms with van der Waals surface area (Å²) in [5, 5.41) is 21.3. The van der Waals surface area contributed by atoms with E-state index in [0.29, 0.717) is 6.42 Å². The zero-order valence-corrected chi connectivity index (χ0v) is 18.4. The summed E-state index contributed by atoms with van der Waals surface area (Å²) in [6, 6.07) is -2.27. The number of carbonyl (C=O) groups is 4. The van der Waals surface area contributed by atoms with Crippen LogP contribution in [0.25, 0.3) is 10.4 Å². The van der Waals surface area contributed by atoms with Crippen LogP contribution < -0.4 is 50.6 Å². The molecule has 3 N–H and O–H groups in total. The van der Waals surface area contributed by atoms with Gasteiger partial charge in [-0.3, -0.25) is 14.4 Å². The summed E-state index contributed by atoms with van der Waals surface area (Å²) in [5.41, 5.74) is 8.12. The van der Waals surface area contributed by atoms with Crippen LogP contribution in [0.15, 0.2) is 5.11 Å². The molecule has 0 aromatic carbocycles. The second-order valence-corrected chi connectivity index (χ2v) is 5.50. The van der Waals surface area contributed by atoms with Gasteiger partial charge in [0.15, 0.2) is 5.78 Å². The molecule has 0 spiro atoms.